The SMILES string of the molecule is CCc1ccc2nc(NN)c(CC)cc2c1. The zero-order valence-electron chi connectivity index (χ0n) is 9.75. The van der Waals surface area contributed by atoms with Gasteiger partial charge >= 0.3 is 0 Å². The Balaban J connectivity index is 2.63. The standard InChI is InChI=1S/C13H17N3/c1-3-9-5-6-12-11(7-9)8-10(4-2)13(15-12)16-14/h5-8H,3-4,14H2,1-2H3,(H,15,16). The second-order valence-corrected chi connectivity index (χ2v) is 3.87. The highest BCUT2D eigenvalue weighted by molar-refractivity contribution is 5.82. The van der Waals surface area contributed by atoms with Gasteiger partial charge in [-0.1, -0.05) is 19.9 Å². The van der Waals surface area contributed by atoms with Crippen molar-refractivity contribution in [2.24, 2.45) is 5.84 Å². The Morgan fingerprint density at radius 1 is 1.19 bits per heavy atom. The van der Waals surface area contributed by atoms with E-state index >= 15 is 0 Å². The molecule has 0 bridgehead atoms. The number of rotatable bonds is 3. The predicted molar refractivity (Wildman–Crippen MR) is 68.3 cm³/mol. The smallest absolute Gasteiger partial charge is 0.143 e. The van der Waals surface area contributed by atoms with E-state index < -0.39 is 0 Å². The number of aryl methyl sites for hydroxylation is 2. The van der Waals surface area contributed by atoms with E-state index in [1.54, 1.807) is 0 Å². The van der Waals surface area contributed by atoms with Crippen molar-refractivity contribution < 1.29 is 0 Å². The van der Waals surface area contributed by atoms with Crippen LogP contribution in [0.4, 0.5) is 5.82 Å². The summed E-state index contributed by atoms with van der Waals surface area (Å²) < 4.78 is 0. The number of hydrazine groups is 1. The van der Waals surface area contributed by atoms with E-state index in [1.807, 2.05) is 0 Å². The molecule has 3 N–H and O–H groups in total. The molecule has 0 radical (unpaired) electrons. The molecule has 2 rings (SSSR count). The molecule has 0 spiro atoms. The molecule has 3 heteroatoms. The molecule has 0 atom stereocenters. The molecule has 0 saturated carbocycles. The molecule has 0 aliphatic heterocycles. The van der Waals surface area contributed by atoms with Gasteiger partial charge in [0.1, 0.15) is 5.82 Å². The molecule has 0 aliphatic rings. The molecule has 3 nitrogen and oxygen atoms in total. The van der Waals surface area contributed by atoms with Crippen LogP contribution >= 0.6 is 0 Å². The summed E-state index contributed by atoms with van der Waals surface area (Å²) in [6.45, 7) is 4.26. The van der Waals surface area contributed by atoms with Crippen LogP contribution in [0.15, 0.2) is 24.3 Å². The number of nitrogens with one attached hydrogen (secondary N) is 1. The number of anilines is 1. The first-order valence-corrected chi connectivity index (χ1v) is 5.67. The van der Waals surface area contributed by atoms with Gasteiger partial charge in [0.2, 0.25) is 0 Å². The van der Waals surface area contributed by atoms with E-state index in [0.29, 0.717) is 0 Å². The Kier molecular flexibility index (Phi) is 3.06. The molecule has 1 aromatic heterocycles. The monoisotopic (exact) mass is 215 g/mol. The Hall–Kier alpha value is -1.61. The number of hydrogen-bond donors (Lipinski definition) is 2. The van der Waals surface area contributed by atoms with Crippen molar-refractivity contribution in [1.29, 1.82) is 0 Å². The first-order chi connectivity index (χ1) is 7.78. The highest BCUT2D eigenvalue weighted by atomic mass is 15.2. The lowest BCUT2D eigenvalue weighted by atomic mass is 10.1. The van der Waals surface area contributed by atoms with Crippen LogP contribution in [0.5, 0.6) is 0 Å². The topological polar surface area (TPSA) is 50.9 Å². The summed E-state index contributed by atoms with van der Waals surface area (Å²) in [5, 5.41) is 1.19. The molecule has 2 aromatic rings. The van der Waals surface area contributed by atoms with Gasteiger partial charge in [0.25, 0.3) is 0 Å². The third-order valence-electron chi connectivity index (χ3n) is 2.88. The minimum Gasteiger partial charge on any atom is -0.308 e. The number of hydrogen-bond acceptors (Lipinski definition) is 3. The van der Waals surface area contributed by atoms with Crippen molar-refractivity contribution in [3.05, 3.63) is 35.4 Å². The van der Waals surface area contributed by atoms with Crippen LogP contribution in [0.1, 0.15) is 25.0 Å². The molecular weight excluding hydrogens is 198 g/mol. The minimum atomic E-state index is 0.777. The second-order valence-electron chi connectivity index (χ2n) is 3.87. The van der Waals surface area contributed by atoms with Crippen molar-refractivity contribution in [3.63, 3.8) is 0 Å². The van der Waals surface area contributed by atoms with Crippen molar-refractivity contribution in [2.45, 2.75) is 26.7 Å². The summed E-state index contributed by atoms with van der Waals surface area (Å²) in [4.78, 5) is 4.50. The molecule has 1 aromatic carbocycles. The number of pyridine rings is 1. The van der Waals surface area contributed by atoms with E-state index in [4.69, 9.17) is 5.84 Å². The van der Waals surface area contributed by atoms with Gasteiger partial charge < -0.3 is 5.43 Å². The highest BCUT2D eigenvalue weighted by Gasteiger charge is 2.04. The molecule has 16 heavy (non-hydrogen) atoms. The third kappa shape index (κ3) is 1.86. The van der Waals surface area contributed by atoms with Crippen LogP contribution < -0.4 is 11.3 Å². The highest BCUT2D eigenvalue weighted by Crippen LogP contribution is 2.21. The van der Waals surface area contributed by atoms with Crippen LogP contribution in [0.3, 0.4) is 0 Å². The lowest BCUT2D eigenvalue weighted by Crippen LogP contribution is -2.11. The van der Waals surface area contributed by atoms with E-state index in [2.05, 4.69) is 48.5 Å². The predicted octanol–water partition coefficient (Wildman–Crippen LogP) is 2.65. The second kappa shape index (κ2) is 4.49. The Bertz CT molecular complexity index is 506. The lowest BCUT2D eigenvalue weighted by molar-refractivity contribution is 1.10. The number of aromatic nitrogens is 1. The Morgan fingerprint density at radius 3 is 2.62 bits per heavy atom. The number of benzene rings is 1. The molecule has 84 valence electrons. The number of nitrogens with two attached hydrogens (primary N) is 1. The first-order valence-electron chi connectivity index (χ1n) is 5.67. The summed E-state index contributed by atoms with van der Waals surface area (Å²) in [7, 11) is 0. The average molecular weight is 215 g/mol. The molecule has 0 aliphatic carbocycles. The van der Waals surface area contributed by atoms with Gasteiger partial charge in [-0.05, 0) is 42.2 Å². The van der Waals surface area contributed by atoms with Crippen LogP contribution in [0.25, 0.3) is 10.9 Å². The largest absolute Gasteiger partial charge is 0.308 e. The zero-order chi connectivity index (χ0) is 11.5. The van der Waals surface area contributed by atoms with Gasteiger partial charge in [-0.3, -0.25) is 0 Å². The van der Waals surface area contributed by atoms with Gasteiger partial charge in [-0.15, -0.1) is 0 Å². The van der Waals surface area contributed by atoms with Gasteiger partial charge in [0.15, 0.2) is 0 Å². The van der Waals surface area contributed by atoms with E-state index in [9.17, 15) is 0 Å². The van der Waals surface area contributed by atoms with Crippen molar-refractivity contribution >= 4 is 16.7 Å². The number of nitrogen functional groups attached to an aromatic ring is 1. The Labute approximate surface area is 95.7 Å². The van der Waals surface area contributed by atoms with Crippen molar-refractivity contribution in [2.75, 3.05) is 5.43 Å². The average Bonchev–Trinajstić information content (AvgIpc) is 2.36. The van der Waals surface area contributed by atoms with Gasteiger partial charge in [-0.2, -0.15) is 0 Å². The van der Waals surface area contributed by atoms with Crippen LogP contribution in [-0.2, 0) is 12.8 Å². The first kappa shape index (κ1) is 10.9. The molecular formula is C13H17N3. The third-order valence-corrected chi connectivity index (χ3v) is 2.88. The van der Waals surface area contributed by atoms with Crippen LogP contribution in [0.2, 0.25) is 0 Å². The molecule has 0 amide bonds. The Morgan fingerprint density at radius 2 is 2.00 bits per heavy atom. The molecule has 0 fully saturated rings. The molecule has 0 unspecified atom stereocenters. The summed E-state index contributed by atoms with van der Waals surface area (Å²) in [6.07, 6.45) is 1.98. The van der Waals surface area contributed by atoms with Gasteiger partial charge in [0.05, 0.1) is 5.52 Å². The van der Waals surface area contributed by atoms with Crippen molar-refractivity contribution in [1.82, 2.24) is 4.98 Å². The van der Waals surface area contributed by atoms with Crippen molar-refractivity contribution in [3.8, 4) is 0 Å². The quantitative estimate of drug-likeness (QED) is 0.611. The van der Waals surface area contributed by atoms with Gasteiger partial charge in [-0.25, -0.2) is 10.8 Å². The fraction of sp³-hybridized carbons (Fsp3) is 0.308. The fourth-order valence-corrected chi connectivity index (χ4v) is 1.88. The summed E-state index contributed by atoms with van der Waals surface area (Å²) in [6, 6.07) is 8.52. The number of fused-ring (bicyclic) bond motifs is 1. The van der Waals surface area contributed by atoms with Crippen LogP contribution in [-0.4, -0.2) is 4.98 Å². The summed E-state index contributed by atoms with van der Waals surface area (Å²) in [5.74, 6) is 6.24. The molecule has 1 heterocycles. The van der Waals surface area contributed by atoms with Crippen LogP contribution in [0, 0.1) is 0 Å². The maximum absolute atomic E-state index is 5.46. The maximum Gasteiger partial charge on any atom is 0.143 e. The zero-order valence-corrected chi connectivity index (χ0v) is 9.75. The summed E-state index contributed by atoms with van der Waals surface area (Å²) in [5.41, 5.74) is 6.14. The van der Waals surface area contributed by atoms with E-state index in [1.165, 1.54) is 10.9 Å². The van der Waals surface area contributed by atoms with Gasteiger partial charge in [0, 0.05) is 5.39 Å². The normalized spacial score (nSPS) is 10.7. The summed E-state index contributed by atoms with van der Waals surface area (Å²) >= 11 is 0. The fourth-order valence-electron chi connectivity index (χ4n) is 1.88. The number of nitrogens with zero attached hydrogens (tertiary/aromatic N) is 1. The lowest BCUT2D eigenvalue weighted by Gasteiger charge is -2.08. The van der Waals surface area contributed by atoms with E-state index in [-0.39, 0.29) is 0 Å². The maximum atomic E-state index is 5.46. The van der Waals surface area contributed by atoms with E-state index in [0.717, 1.165) is 29.7 Å². The minimum absolute atomic E-state index is 0.777. The molecule has 0 saturated heterocycles.